The number of urea groups is 1. The Bertz CT molecular complexity index is 857. The van der Waals surface area contributed by atoms with Crippen LogP contribution in [0.15, 0.2) is 28.9 Å². The van der Waals surface area contributed by atoms with E-state index in [2.05, 4.69) is 70.3 Å². The molecule has 0 aliphatic heterocycles. The van der Waals surface area contributed by atoms with Crippen molar-refractivity contribution in [2.45, 2.75) is 99.3 Å². The minimum Gasteiger partial charge on any atom is -0.350 e. The number of nitrogens with zero attached hydrogens (tertiary/aromatic N) is 1. The zero-order chi connectivity index (χ0) is 24.7. The van der Waals surface area contributed by atoms with Crippen LogP contribution in [0, 0.1) is 52.3 Å². The summed E-state index contributed by atoms with van der Waals surface area (Å²) >= 11 is 0. The van der Waals surface area contributed by atoms with Gasteiger partial charge < -0.3 is 5.73 Å². The molecule has 0 bridgehead atoms. The number of nitrogens with two attached hydrogens (primary N) is 1. The Labute approximate surface area is 208 Å². The first-order chi connectivity index (χ1) is 16.1. The Morgan fingerprint density at radius 3 is 2.56 bits per heavy atom. The molecule has 0 spiro atoms. The Morgan fingerprint density at radius 2 is 1.88 bits per heavy atom. The van der Waals surface area contributed by atoms with Crippen LogP contribution in [-0.2, 0) is 0 Å². The molecule has 0 aromatic carbocycles. The predicted octanol–water partition coefficient (Wildman–Crippen LogP) is 7.46. The molecule has 190 valence electrons. The van der Waals surface area contributed by atoms with Gasteiger partial charge in [0, 0.05) is 0 Å². The van der Waals surface area contributed by atoms with Gasteiger partial charge in [0.15, 0.2) is 0 Å². The van der Waals surface area contributed by atoms with Crippen LogP contribution in [-0.4, -0.2) is 11.7 Å². The molecule has 3 N–H and O–H groups in total. The monoisotopic (exact) mass is 467 g/mol. The van der Waals surface area contributed by atoms with Gasteiger partial charge in [0.05, 0.1) is 5.71 Å². The second-order valence-corrected chi connectivity index (χ2v) is 12.9. The largest absolute Gasteiger partial charge is 0.350 e. The number of allylic oxidation sites excluding steroid dienone is 4. The summed E-state index contributed by atoms with van der Waals surface area (Å²) in [7, 11) is 0. The van der Waals surface area contributed by atoms with E-state index in [0.717, 1.165) is 48.1 Å². The number of hydrogen-bond acceptors (Lipinski definition) is 2. The number of hydrazone groups is 1. The first-order valence-electron chi connectivity index (χ1n) is 14.1. The van der Waals surface area contributed by atoms with Gasteiger partial charge in [-0.2, -0.15) is 5.10 Å². The minimum absolute atomic E-state index is 0.297. The maximum atomic E-state index is 11.1. The number of nitrogens with one attached hydrogen (secondary N) is 1. The van der Waals surface area contributed by atoms with Gasteiger partial charge in [0.25, 0.3) is 0 Å². The second-order valence-electron chi connectivity index (χ2n) is 12.9. The standard InChI is InChI=1S/C30H49N3O/c1-7-21(19(2)3)9-8-20(4)25-12-13-26-24-11-10-22-18-23(32-33-28(31)34)14-16-29(22,5)27(24)15-17-30(25,26)6/h8-9,18-21,24-27H,7,10-17H2,1-6H3,(H3,31,33,34)/b9-8+,32-23+/t20-,21+,24+,25-,26+,27+,29+,30-/m1/s1. The summed E-state index contributed by atoms with van der Waals surface area (Å²) in [5.74, 6) is 5.49. The summed E-state index contributed by atoms with van der Waals surface area (Å²) in [6.07, 6.45) is 18.8. The van der Waals surface area contributed by atoms with E-state index >= 15 is 0 Å². The van der Waals surface area contributed by atoms with Crippen molar-refractivity contribution in [2.24, 2.45) is 63.1 Å². The average Bonchev–Trinajstić information content (AvgIpc) is 3.15. The van der Waals surface area contributed by atoms with Gasteiger partial charge in [-0.25, -0.2) is 10.2 Å². The molecule has 0 aromatic rings. The number of hydrogen-bond donors (Lipinski definition) is 2. The number of carbonyl (C=O) groups excluding carboxylic acids is 1. The summed E-state index contributed by atoms with van der Waals surface area (Å²) in [6.45, 7) is 14.7. The molecule has 0 unspecified atom stereocenters. The maximum Gasteiger partial charge on any atom is 0.332 e. The fourth-order valence-electron chi connectivity index (χ4n) is 8.97. The SMILES string of the molecule is CC[C@@H](/C=C/[C@@H](C)[C@H]1CC[C@H]2[C@@H]3CCC4=C/C(=N/NC(N)=O)CC[C@]4(C)[C@H]3CC[C@]12C)C(C)C. The van der Waals surface area contributed by atoms with Crippen LogP contribution in [0.2, 0.25) is 0 Å². The van der Waals surface area contributed by atoms with Crippen LogP contribution in [0.1, 0.15) is 99.3 Å². The fraction of sp³-hybridized carbons (Fsp3) is 0.800. The van der Waals surface area contributed by atoms with Crippen LogP contribution in [0.4, 0.5) is 4.79 Å². The smallest absolute Gasteiger partial charge is 0.332 e. The molecular formula is C30H49N3O. The van der Waals surface area contributed by atoms with Gasteiger partial charge in [-0.1, -0.05) is 59.3 Å². The van der Waals surface area contributed by atoms with E-state index in [9.17, 15) is 4.79 Å². The fourth-order valence-corrected chi connectivity index (χ4v) is 8.97. The molecule has 2 amide bonds. The lowest BCUT2D eigenvalue weighted by atomic mass is 9.46. The first-order valence-corrected chi connectivity index (χ1v) is 14.1. The highest BCUT2D eigenvalue weighted by atomic mass is 16.2. The van der Waals surface area contributed by atoms with Crippen LogP contribution in [0.5, 0.6) is 0 Å². The third-order valence-electron chi connectivity index (χ3n) is 11.0. The molecule has 4 aliphatic carbocycles. The summed E-state index contributed by atoms with van der Waals surface area (Å²) in [5.41, 5.74) is 11.0. The number of carbonyl (C=O) groups is 1. The lowest BCUT2D eigenvalue weighted by molar-refractivity contribution is -0.0538. The number of amides is 2. The van der Waals surface area contributed by atoms with E-state index < -0.39 is 6.03 Å². The highest BCUT2D eigenvalue weighted by Crippen LogP contribution is 2.67. The van der Waals surface area contributed by atoms with Crippen molar-refractivity contribution in [1.29, 1.82) is 0 Å². The normalized spacial score (nSPS) is 40.4. The van der Waals surface area contributed by atoms with Crippen molar-refractivity contribution < 1.29 is 4.79 Å². The summed E-state index contributed by atoms with van der Waals surface area (Å²) in [4.78, 5) is 11.1. The van der Waals surface area contributed by atoms with Crippen molar-refractivity contribution >= 4 is 11.7 Å². The van der Waals surface area contributed by atoms with Crippen molar-refractivity contribution in [3.8, 4) is 0 Å². The third kappa shape index (κ3) is 4.51. The molecule has 8 atom stereocenters. The van der Waals surface area contributed by atoms with Crippen molar-refractivity contribution in [3.05, 3.63) is 23.8 Å². The topological polar surface area (TPSA) is 67.5 Å². The molecule has 0 heterocycles. The molecule has 0 aromatic heterocycles. The van der Waals surface area contributed by atoms with Crippen LogP contribution in [0.25, 0.3) is 0 Å². The molecular weight excluding hydrogens is 418 g/mol. The second kappa shape index (κ2) is 9.82. The van der Waals surface area contributed by atoms with Gasteiger partial charge in [0.1, 0.15) is 0 Å². The van der Waals surface area contributed by atoms with Crippen LogP contribution < -0.4 is 11.2 Å². The van der Waals surface area contributed by atoms with E-state index in [1.165, 1.54) is 44.9 Å². The molecule has 4 nitrogen and oxygen atoms in total. The van der Waals surface area contributed by atoms with Crippen molar-refractivity contribution in [1.82, 2.24) is 5.43 Å². The van der Waals surface area contributed by atoms with Gasteiger partial charge >= 0.3 is 6.03 Å². The molecule has 4 rings (SSSR count). The Hall–Kier alpha value is -1.58. The lowest BCUT2D eigenvalue weighted by Gasteiger charge is -2.58. The average molecular weight is 468 g/mol. The molecule has 34 heavy (non-hydrogen) atoms. The van der Waals surface area contributed by atoms with Gasteiger partial charge in [-0.3, -0.25) is 0 Å². The van der Waals surface area contributed by atoms with Crippen LogP contribution >= 0.6 is 0 Å². The molecule has 4 heteroatoms. The van der Waals surface area contributed by atoms with E-state index in [1.54, 1.807) is 5.57 Å². The first kappa shape index (κ1) is 25.5. The van der Waals surface area contributed by atoms with Crippen LogP contribution in [0.3, 0.4) is 0 Å². The number of primary amides is 1. The van der Waals surface area contributed by atoms with E-state index in [-0.39, 0.29) is 0 Å². The molecule has 4 aliphatic rings. The van der Waals surface area contributed by atoms with Gasteiger partial charge in [-0.15, -0.1) is 0 Å². The number of rotatable bonds is 6. The molecule has 0 saturated heterocycles. The van der Waals surface area contributed by atoms with Crippen molar-refractivity contribution in [2.75, 3.05) is 0 Å². The Kier molecular flexibility index (Phi) is 7.37. The summed E-state index contributed by atoms with van der Waals surface area (Å²) in [6, 6.07) is -0.580. The van der Waals surface area contributed by atoms with E-state index in [1.807, 2.05) is 0 Å². The van der Waals surface area contributed by atoms with E-state index in [0.29, 0.717) is 22.7 Å². The molecule has 0 radical (unpaired) electrons. The Balaban J connectivity index is 1.50. The lowest BCUT2D eigenvalue weighted by Crippen LogP contribution is -2.51. The quantitative estimate of drug-likeness (QED) is 0.309. The zero-order valence-corrected chi connectivity index (χ0v) is 22.6. The van der Waals surface area contributed by atoms with E-state index in [4.69, 9.17) is 5.73 Å². The van der Waals surface area contributed by atoms with Crippen molar-refractivity contribution in [3.63, 3.8) is 0 Å². The van der Waals surface area contributed by atoms with Gasteiger partial charge in [0.2, 0.25) is 0 Å². The maximum absolute atomic E-state index is 11.1. The highest BCUT2D eigenvalue weighted by Gasteiger charge is 2.59. The Morgan fingerprint density at radius 1 is 1.12 bits per heavy atom. The summed E-state index contributed by atoms with van der Waals surface area (Å²) in [5, 5.41) is 4.26. The third-order valence-corrected chi connectivity index (χ3v) is 11.0. The number of fused-ring (bicyclic) bond motifs is 5. The predicted molar refractivity (Wildman–Crippen MR) is 142 cm³/mol. The van der Waals surface area contributed by atoms with Gasteiger partial charge in [-0.05, 0) is 116 Å². The highest BCUT2D eigenvalue weighted by molar-refractivity contribution is 5.97. The molecule has 3 saturated carbocycles. The molecule has 3 fully saturated rings. The zero-order valence-electron chi connectivity index (χ0n) is 22.6. The minimum atomic E-state index is -0.580. The summed E-state index contributed by atoms with van der Waals surface area (Å²) < 4.78 is 0.